The minimum Gasteiger partial charge on any atom is -0.494 e. The van der Waals surface area contributed by atoms with Crippen LogP contribution in [-0.4, -0.2) is 30.3 Å². The van der Waals surface area contributed by atoms with Gasteiger partial charge in [-0.25, -0.2) is 4.98 Å². The number of anilines is 1. The summed E-state index contributed by atoms with van der Waals surface area (Å²) in [4.78, 5) is 29.3. The Balaban J connectivity index is 2.09. The molecule has 1 heterocycles. The Morgan fingerprint density at radius 3 is 2.87 bits per heavy atom. The molecule has 0 bridgehead atoms. The number of allylic oxidation sites excluding steroid dienone is 1. The molecule has 0 saturated carbocycles. The number of carbonyl (C=O) groups is 2. The number of thiazole rings is 1. The molecule has 1 aromatic carbocycles. The quantitative estimate of drug-likeness (QED) is 0.601. The van der Waals surface area contributed by atoms with Gasteiger partial charge in [0.15, 0.2) is 10.9 Å². The van der Waals surface area contributed by atoms with Crippen LogP contribution in [-0.2, 0) is 4.79 Å². The van der Waals surface area contributed by atoms with Crippen LogP contribution in [0.25, 0.3) is 6.08 Å². The molecule has 23 heavy (non-hydrogen) atoms. The summed E-state index contributed by atoms with van der Waals surface area (Å²) in [5.74, 6) is 0.463. The summed E-state index contributed by atoms with van der Waals surface area (Å²) in [6, 6.07) is 7.06. The number of nitrogens with zero attached hydrogens (tertiary/aromatic N) is 2. The average molecular weight is 330 g/mol. The van der Waals surface area contributed by atoms with Crippen LogP contribution in [0.3, 0.4) is 0 Å². The Morgan fingerprint density at radius 1 is 1.39 bits per heavy atom. The van der Waals surface area contributed by atoms with Crippen LogP contribution in [0.5, 0.6) is 5.75 Å². The number of aromatic nitrogens is 1. The normalized spacial score (nSPS) is 10.7. The number of hydrogen-bond donors (Lipinski definition) is 0. The fraction of sp³-hybridized carbons (Fsp3) is 0.235. The average Bonchev–Trinajstić information content (AvgIpc) is 3.01. The van der Waals surface area contributed by atoms with Crippen LogP contribution in [0.4, 0.5) is 5.13 Å². The molecule has 0 radical (unpaired) electrons. The van der Waals surface area contributed by atoms with Crippen molar-refractivity contribution in [3.05, 3.63) is 47.0 Å². The van der Waals surface area contributed by atoms with Crippen LogP contribution in [0.1, 0.15) is 29.9 Å². The van der Waals surface area contributed by atoms with Gasteiger partial charge >= 0.3 is 0 Å². The van der Waals surface area contributed by atoms with E-state index >= 15 is 0 Å². The van der Waals surface area contributed by atoms with E-state index in [-0.39, 0.29) is 11.7 Å². The SMILES string of the molecule is CCOc1cccc(C(=O)/C=C\c2csc(N(C)C(C)=O)n2)c1. The van der Waals surface area contributed by atoms with Gasteiger partial charge in [-0.1, -0.05) is 12.1 Å². The molecule has 2 aromatic rings. The molecular weight excluding hydrogens is 312 g/mol. The highest BCUT2D eigenvalue weighted by molar-refractivity contribution is 7.14. The van der Waals surface area contributed by atoms with Crippen LogP contribution < -0.4 is 9.64 Å². The molecule has 1 amide bonds. The Labute approximate surface area is 139 Å². The van der Waals surface area contributed by atoms with E-state index in [1.54, 1.807) is 36.7 Å². The minimum atomic E-state index is -0.124. The second-order valence-corrected chi connectivity index (χ2v) is 5.63. The van der Waals surface area contributed by atoms with Crippen molar-refractivity contribution in [2.45, 2.75) is 13.8 Å². The lowest BCUT2D eigenvalue weighted by atomic mass is 10.1. The molecule has 0 fully saturated rings. The third-order valence-corrected chi connectivity index (χ3v) is 4.04. The molecule has 120 valence electrons. The lowest BCUT2D eigenvalue weighted by molar-refractivity contribution is -0.116. The highest BCUT2D eigenvalue weighted by atomic mass is 32.1. The third-order valence-electron chi connectivity index (χ3n) is 3.10. The van der Waals surface area contributed by atoms with Gasteiger partial charge in [0.2, 0.25) is 5.91 Å². The van der Waals surface area contributed by atoms with Gasteiger partial charge in [-0.05, 0) is 31.2 Å². The van der Waals surface area contributed by atoms with Gasteiger partial charge in [-0.15, -0.1) is 11.3 Å². The molecule has 0 aliphatic rings. The fourth-order valence-corrected chi connectivity index (χ4v) is 2.61. The van der Waals surface area contributed by atoms with Crippen LogP contribution in [0.2, 0.25) is 0 Å². The predicted octanol–water partition coefficient (Wildman–Crippen LogP) is 3.42. The van der Waals surface area contributed by atoms with E-state index in [0.717, 1.165) is 0 Å². The standard InChI is InChI=1S/C17H18N2O3S/c1-4-22-15-7-5-6-13(10-15)16(21)9-8-14-11-23-17(18-14)19(3)12(2)20/h5-11H,4H2,1-3H3/b9-8-. The Morgan fingerprint density at radius 2 is 2.17 bits per heavy atom. The molecule has 5 nitrogen and oxygen atoms in total. The highest BCUT2D eigenvalue weighted by Gasteiger charge is 2.09. The first kappa shape index (κ1) is 16.9. The second-order valence-electron chi connectivity index (χ2n) is 4.79. The van der Waals surface area contributed by atoms with Crippen molar-refractivity contribution < 1.29 is 14.3 Å². The lowest BCUT2D eigenvalue weighted by Gasteiger charge is -2.09. The van der Waals surface area contributed by atoms with Crippen molar-refractivity contribution in [1.82, 2.24) is 4.98 Å². The van der Waals surface area contributed by atoms with Crippen molar-refractivity contribution in [2.75, 3.05) is 18.6 Å². The van der Waals surface area contributed by atoms with Gasteiger partial charge in [0.25, 0.3) is 0 Å². The zero-order valence-electron chi connectivity index (χ0n) is 13.3. The summed E-state index contributed by atoms with van der Waals surface area (Å²) < 4.78 is 5.39. The van der Waals surface area contributed by atoms with E-state index < -0.39 is 0 Å². The predicted molar refractivity (Wildman–Crippen MR) is 92.2 cm³/mol. The fourth-order valence-electron chi connectivity index (χ4n) is 1.80. The van der Waals surface area contributed by atoms with Crippen LogP contribution >= 0.6 is 11.3 Å². The molecule has 0 aliphatic heterocycles. The Kier molecular flexibility index (Phi) is 5.65. The summed E-state index contributed by atoms with van der Waals surface area (Å²) in [7, 11) is 1.67. The van der Waals surface area contributed by atoms with Gasteiger partial charge in [-0.2, -0.15) is 0 Å². The number of ether oxygens (including phenoxy) is 1. The number of carbonyl (C=O) groups excluding carboxylic acids is 2. The van der Waals surface area contributed by atoms with Crippen molar-refractivity contribution in [1.29, 1.82) is 0 Å². The number of amides is 1. The van der Waals surface area contributed by atoms with E-state index in [1.165, 1.54) is 29.2 Å². The molecule has 0 atom stereocenters. The topological polar surface area (TPSA) is 59.5 Å². The molecule has 0 aliphatic carbocycles. The van der Waals surface area contributed by atoms with E-state index in [4.69, 9.17) is 4.74 Å². The summed E-state index contributed by atoms with van der Waals surface area (Å²) in [6.07, 6.45) is 3.11. The van der Waals surface area contributed by atoms with E-state index in [2.05, 4.69) is 4.98 Å². The maximum absolute atomic E-state index is 12.2. The van der Waals surface area contributed by atoms with E-state index in [1.807, 2.05) is 13.0 Å². The molecule has 0 unspecified atom stereocenters. The molecule has 0 spiro atoms. The molecular formula is C17H18N2O3S. The highest BCUT2D eigenvalue weighted by Crippen LogP contribution is 2.20. The van der Waals surface area contributed by atoms with Gasteiger partial charge in [0, 0.05) is 24.9 Å². The molecule has 1 aromatic heterocycles. The van der Waals surface area contributed by atoms with Crippen molar-refractivity contribution in [3.8, 4) is 5.75 Å². The van der Waals surface area contributed by atoms with Crippen LogP contribution in [0, 0.1) is 0 Å². The first-order valence-corrected chi connectivity index (χ1v) is 8.04. The first-order chi connectivity index (χ1) is 11.0. The first-order valence-electron chi connectivity index (χ1n) is 7.16. The van der Waals surface area contributed by atoms with Crippen molar-refractivity contribution in [2.24, 2.45) is 0 Å². The number of rotatable bonds is 6. The maximum atomic E-state index is 12.2. The molecule has 6 heteroatoms. The van der Waals surface area contributed by atoms with Crippen molar-refractivity contribution in [3.63, 3.8) is 0 Å². The maximum Gasteiger partial charge on any atom is 0.225 e. The summed E-state index contributed by atoms with van der Waals surface area (Å²) in [5.41, 5.74) is 1.20. The number of hydrogen-bond acceptors (Lipinski definition) is 5. The summed E-state index contributed by atoms with van der Waals surface area (Å²) >= 11 is 1.35. The zero-order chi connectivity index (χ0) is 16.8. The van der Waals surface area contributed by atoms with E-state index in [0.29, 0.717) is 28.7 Å². The monoisotopic (exact) mass is 330 g/mol. The number of benzene rings is 1. The largest absolute Gasteiger partial charge is 0.494 e. The third kappa shape index (κ3) is 4.50. The van der Waals surface area contributed by atoms with Gasteiger partial charge in [-0.3, -0.25) is 14.5 Å². The second kappa shape index (κ2) is 7.69. The smallest absolute Gasteiger partial charge is 0.225 e. The summed E-state index contributed by atoms with van der Waals surface area (Å²) in [5, 5.41) is 2.40. The number of ketones is 1. The molecule has 0 N–H and O–H groups in total. The van der Waals surface area contributed by atoms with Gasteiger partial charge < -0.3 is 4.74 Å². The Hall–Kier alpha value is -2.47. The van der Waals surface area contributed by atoms with Gasteiger partial charge in [0.05, 0.1) is 12.3 Å². The molecule has 0 saturated heterocycles. The molecule has 2 rings (SSSR count). The van der Waals surface area contributed by atoms with Crippen molar-refractivity contribution >= 4 is 34.2 Å². The summed E-state index contributed by atoms with van der Waals surface area (Å²) in [6.45, 7) is 3.93. The lowest BCUT2D eigenvalue weighted by Crippen LogP contribution is -2.22. The van der Waals surface area contributed by atoms with Crippen LogP contribution in [0.15, 0.2) is 35.7 Å². The Bertz CT molecular complexity index is 737. The zero-order valence-corrected chi connectivity index (χ0v) is 14.1. The minimum absolute atomic E-state index is 0.0845. The van der Waals surface area contributed by atoms with E-state index in [9.17, 15) is 9.59 Å². The van der Waals surface area contributed by atoms with Gasteiger partial charge in [0.1, 0.15) is 5.75 Å².